The molecule has 23 heavy (non-hydrogen) atoms. The number of amides is 1. The van der Waals surface area contributed by atoms with Crippen molar-refractivity contribution in [3.8, 4) is 5.75 Å². The Morgan fingerprint density at radius 1 is 1.13 bits per heavy atom. The summed E-state index contributed by atoms with van der Waals surface area (Å²) in [5.41, 5.74) is 1.31. The maximum atomic E-state index is 12.4. The van der Waals surface area contributed by atoms with Crippen molar-refractivity contribution in [3.05, 3.63) is 64.1 Å². The molecule has 0 radical (unpaired) electrons. The molecule has 7 heteroatoms. The van der Waals surface area contributed by atoms with E-state index in [4.69, 9.17) is 39.5 Å². The molecule has 122 valence electrons. The summed E-state index contributed by atoms with van der Waals surface area (Å²) in [7, 11) is 0. The van der Waals surface area contributed by atoms with Crippen LogP contribution in [0.2, 0.25) is 0 Å². The first kappa shape index (κ1) is 18.4. The van der Waals surface area contributed by atoms with Crippen molar-refractivity contribution in [2.75, 3.05) is 0 Å². The first-order chi connectivity index (χ1) is 10.8. The number of hydrogen-bond donors (Lipinski definition) is 1. The lowest BCUT2D eigenvalue weighted by atomic mass is 10.1. The van der Waals surface area contributed by atoms with Gasteiger partial charge in [-0.3, -0.25) is 4.79 Å². The largest absolute Gasteiger partial charge is 0.466 e. The quantitative estimate of drug-likeness (QED) is 0.523. The fourth-order valence-electron chi connectivity index (χ4n) is 1.85. The number of carbonyl (C=O) groups is 1. The van der Waals surface area contributed by atoms with Gasteiger partial charge in [-0.2, -0.15) is 0 Å². The van der Waals surface area contributed by atoms with Crippen molar-refractivity contribution in [1.82, 2.24) is 5.32 Å². The van der Waals surface area contributed by atoms with Crippen molar-refractivity contribution in [2.45, 2.75) is 16.9 Å². The van der Waals surface area contributed by atoms with Crippen molar-refractivity contribution in [2.24, 2.45) is 0 Å². The predicted molar refractivity (Wildman–Crippen MR) is 97.5 cm³/mol. The molecule has 2 aromatic rings. The molecule has 0 saturated heterocycles. The number of nitrogens with one attached hydrogen (secondary N) is 1. The maximum Gasteiger partial charge on any atom is 0.254 e. The minimum atomic E-state index is -1.83. The van der Waals surface area contributed by atoms with Crippen molar-refractivity contribution in [1.29, 1.82) is 0 Å². The van der Waals surface area contributed by atoms with Crippen LogP contribution in [0.3, 0.4) is 0 Å². The zero-order chi connectivity index (χ0) is 17.0. The molecule has 2 aromatic carbocycles. The lowest BCUT2D eigenvalue weighted by Gasteiger charge is -2.26. The third-order valence-corrected chi connectivity index (χ3v) is 4.14. The molecule has 2 rings (SSSR count). The van der Waals surface area contributed by atoms with Gasteiger partial charge in [0.05, 0.1) is 0 Å². The second-order valence-corrected chi connectivity index (χ2v) is 8.07. The third-order valence-electron chi connectivity index (χ3n) is 3.02. The Bertz CT molecular complexity index is 686. The average molecular weight is 438 g/mol. The highest BCUT2D eigenvalue weighted by molar-refractivity contribution is 9.10. The van der Waals surface area contributed by atoms with Gasteiger partial charge in [0.1, 0.15) is 5.75 Å². The van der Waals surface area contributed by atoms with Crippen molar-refractivity contribution in [3.63, 3.8) is 0 Å². The standard InChI is InChI=1S/C16H13BrCl3NO2/c1-10-4-2-3-5-13(10)14(22)21-15(16(18,19)20)23-12-8-6-11(17)7-9-12/h2-9,15H,1H3,(H,21,22)/t15-/m0/s1. The number of carbonyl (C=O) groups excluding carboxylic acids is 1. The van der Waals surface area contributed by atoms with Gasteiger partial charge in [-0.05, 0) is 42.8 Å². The Morgan fingerprint density at radius 2 is 1.74 bits per heavy atom. The highest BCUT2D eigenvalue weighted by Crippen LogP contribution is 2.32. The summed E-state index contributed by atoms with van der Waals surface area (Å²) in [6.07, 6.45) is -1.14. The maximum absolute atomic E-state index is 12.4. The van der Waals surface area contributed by atoms with E-state index in [1.807, 2.05) is 19.1 Å². The Kier molecular flexibility index (Phi) is 6.20. The zero-order valence-corrected chi connectivity index (χ0v) is 15.9. The van der Waals surface area contributed by atoms with Gasteiger partial charge in [-0.15, -0.1) is 0 Å². The Morgan fingerprint density at radius 3 is 2.30 bits per heavy atom. The van der Waals surface area contributed by atoms with E-state index in [2.05, 4.69) is 21.2 Å². The third kappa shape index (κ3) is 5.28. The van der Waals surface area contributed by atoms with E-state index in [-0.39, 0.29) is 5.91 Å². The first-order valence-corrected chi connectivity index (χ1v) is 8.55. The monoisotopic (exact) mass is 435 g/mol. The lowest BCUT2D eigenvalue weighted by Crippen LogP contribution is -2.48. The molecule has 0 unspecified atom stereocenters. The van der Waals surface area contributed by atoms with Crippen LogP contribution in [0.5, 0.6) is 5.75 Å². The van der Waals surface area contributed by atoms with E-state index in [1.165, 1.54) is 0 Å². The van der Waals surface area contributed by atoms with Gasteiger partial charge in [0.25, 0.3) is 5.91 Å². The van der Waals surface area contributed by atoms with Crippen LogP contribution < -0.4 is 10.1 Å². The highest BCUT2D eigenvalue weighted by Gasteiger charge is 2.36. The van der Waals surface area contributed by atoms with E-state index in [9.17, 15) is 4.79 Å². The molecule has 0 spiro atoms. The number of benzene rings is 2. The van der Waals surface area contributed by atoms with Crippen LogP contribution in [0, 0.1) is 6.92 Å². The van der Waals surface area contributed by atoms with E-state index in [0.717, 1.165) is 10.0 Å². The van der Waals surface area contributed by atoms with Crippen LogP contribution in [-0.2, 0) is 0 Å². The summed E-state index contributed by atoms with van der Waals surface area (Å²) in [6.45, 7) is 1.83. The normalized spacial score (nSPS) is 12.6. The molecule has 3 nitrogen and oxygen atoms in total. The molecule has 0 aromatic heterocycles. The van der Waals surface area contributed by atoms with E-state index >= 15 is 0 Å². The molecule has 0 heterocycles. The molecule has 0 saturated carbocycles. The van der Waals surface area contributed by atoms with E-state index < -0.39 is 10.0 Å². The number of halogens is 4. The Labute approximate surface area is 158 Å². The summed E-state index contributed by atoms with van der Waals surface area (Å²) in [6, 6.07) is 14.1. The molecular weight excluding hydrogens is 424 g/mol. The van der Waals surface area contributed by atoms with Gasteiger partial charge in [-0.25, -0.2) is 0 Å². The lowest BCUT2D eigenvalue weighted by molar-refractivity contribution is 0.0832. The topological polar surface area (TPSA) is 38.3 Å². The Balaban J connectivity index is 2.18. The van der Waals surface area contributed by atoms with Gasteiger partial charge in [0.15, 0.2) is 0 Å². The molecule has 0 aliphatic heterocycles. The SMILES string of the molecule is Cc1ccccc1C(=O)N[C@@H](Oc1ccc(Br)cc1)C(Cl)(Cl)Cl. The summed E-state index contributed by atoms with van der Waals surface area (Å²) < 4.78 is 4.68. The van der Waals surface area contributed by atoms with Gasteiger partial charge in [0, 0.05) is 10.0 Å². The molecule has 1 amide bonds. The summed E-state index contributed by atoms with van der Waals surface area (Å²) in [5, 5.41) is 2.61. The van der Waals surface area contributed by atoms with Crippen LogP contribution >= 0.6 is 50.7 Å². The molecule has 0 bridgehead atoms. The molecular formula is C16H13BrCl3NO2. The minimum Gasteiger partial charge on any atom is -0.466 e. The van der Waals surface area contributed by atoms with Crippen molar-refractivity contribution >= 4 is 56.6 Å². The van der Waals surface area contributed by atoms with Crippen LogP contribution in [-0.4, -0.2) is 15.9 Å². The Hall–Kier alpha value is -0.940. The fourth-order valence-corrected chi connectivity index (χ4v) is 2.41. The predicted octanol–water partition coefficient (Wildman–Crippen LogP) is 5.26. The van der Waals surface area contributed by atoms with Crippen molar-refractivity contribution < 1.29 is 9.53 Å². The van der Waals surface area contributed by atoms with Gasteiger partial charge in [0.2, 0.25) is 10.0 Å². The number of hydrogen-bond acceptors (Lipinski definition) is 2. The molecule has 0 aliphatic carbocycles. The second-order valence-electron chi connectivity index (χ2n) is 4.78. The first-order valence-electron chi connectivity index (χ1n) is 6.63. The summed E-state index contributed by atoms with van der Waals surface area (Å²) >= 11 is 21.1. The van der Waals surface area contributed by atoms with Crippen LogP contribution in [0.25, 0.3) is 0 Å². The summed E-state index contributed by atoms with van der Waals surface area (Å²) in [5.74, 6) is 0.0890. The van der Waals surface area contributed by atoms with Gasteiger partial charge >= 0.3 is 0 Å². The number of alkyl halides is 3. The van der Waals surface area contributed by atoms with Gasteiger partial charge in [-0.1, -0.05) is 68.9 Å². The van der Waals surface area contributed by atoms with E-state index in [0.29, 0.717) is 11.3 Å². The second kappa shape index (κ2) is 7.75. The van der Waals surface area contributed by atoms with Crippen LogP contribution in [0.1, 0.15) is 15.9 Å². The van der Waals surface area contributed by atoms with Gasteiger partial charge < -0.3 is 10.1 Å². The van der Waals surface area contributed by atoms with Crippen LogP contribution in [0.15, 0.2) is 53.0 Å². The zero-order valence-electron chi connectivity index (χ0n) is 12.0. The molecule has 1 N–H and O–H groups in total. The number of aryl methyl sites for hydroxylation is 1. The fraction of sp³-hybridized carbons (Fsp3) is 0.188. The van der Waals surface area contributed by atoms with Crippen LogP contribution in [0.4, 0.5) is 0 Å². The minimum absolute atomic E-state index is 0.378. The molecule has 0 fully saturated rings. The molecule has 0 aliphatic rings. The number of rotatable bonds is 4. The molecule has 1 atom stereocenters. The van der Waals surface area contributed by atoms with E-state index in [1.54, 1.807) is 36.4 Å². The average Bonchev–Trinajstić information content (AvgIpc) is 2.48. The smallest absolute Gasteiger partial charge is 0.254 e. The summed E-state index contributed by atoms with van der Waals surface area (Å²) in [4.78, 5) is 12.4. The highest BCUT2D eigenvalue weighted by atomic mass is 79.9. The number of ether oxygens (including phenoxy) is 1.